The molecule has 2 aliphatic rings. The van der Waals surface area contributed by atoms with Gasteiger partial charge in [0, 0.05) is 6.04 Å². The Hall–Kier alpha value is -1.06. The zero-order chi connectivity index (χ0) is 15.8. The third kappa shape index (κ3) is 2.95. The van der Waals surface area contributed by atoms with Crippen LogP contribution in [0.25, 0.3) is 0 Å². The van der Waals surface area contributed by atoms with Gasteiger partial charge in [0.25, 0.3) is 0 Å². The maximum absolute atomic E-state index is 13.1. The molecule has 120 valence electrons. The Morgan fingerprint density at radius 3 is 2.24 bits per heavy atom. The monoisotopic (exact) mass is 294 g/mol. The predicted molar refractivity (Wildman–Crippen MR) is 83.8 cm³/mol. The molecule has 2 amide bonds. The first-order valence-electron chi connectivity index (χ1n) is 8.35. The van der Waals surface area contributed by atoms with E-state index in [1.807, 2.05) is 18.7 Å². The largest absolute Gasteiger partial charge is 0.340 e. The lowest BCUT2D eigenvalue weighted by molar-refractivity contribution is -0.163. The van der Waals surface area contributed by atoms with E-state index in [1.165, 1.54) is 6.42 Å². The van der Waals surface area contributed by atoms with Crippen molar-refractivity contribution < 1.29 is 9.59 Å². The number of amides is 2. The van der Waals surface area contributed by atoms with Crippen LogP contribution in [0.1, 0.15) is 73.1 Å². The number of hydrogen-bond acceptors (Lipinski definition) is 2. The highest BCUT2D eigenvalue weighted by atomic mass is 16.2. The minimum Gasteiger partial charge on any atom is -0.340 e. The number of rotatable bonds is 2. The van der Waals surface area contributed by atoms with Gasteiger partial charge >= 0.3 is 0 Å². The molecule has 0 spiro atoms. The van der Waals surface area contributed by atoms with Gasteiger partial charge in [-0.2, -0.15) is 0 Å². The van der Waals surface area contributed by atoms with E-state index in [9.17, 15) is 9.59 Å². The molecule has 2 rings (SSSR count). The minimum absolute atomic E-state index is 0.0111. The molecule has 1 aliphatic heterocycles. The molecule has 1 N–H and O–H groups in total. The third-order valence-electron chi connectivity index (χ3n) is 5.13. The number of carbonyl (C=O) groups is 2. The molecule has 1 saturated heterocycles. The van der Waals surface area contributed by atoms with Crippen molar-refractivity contribution in [2.75, 3.05) is 0 Å². The van der Waals surface area contributed by atoms with Crippen molar-refractivity contribution in [2.45, 2.75) is 90.8 Å². The molecule has 1 saturated carbocycles. The van der Waals surface area contributed by atoms with Gasteiger partial charge in [0.1, 0.15) is 11.6 Å². The van der Waals surface area contributed by atoms with Crippen molar-refractivity contribution in [3.63, 3.8) is 0 Å². The van der Waals surface area contributed by atoms with Gasteiger partial charge in [0.2, 0.25) is 11.8 Å². The van der Waals surface area contributed by atoms with Crippen LogP contribution >= 0.6 is 0 Å². The molecule has 0 aromatic rings. The third-order valence-corrected chi connectivity index (χ3v) is 5.13. The fraction of sp³-hybridized carbons (Fsp3) is 0.882. The Kier molecular flexibility index (Phi) is 4.36. The van der Waals surface area contributed by atoms with Crippen molar-refractivity contribution in [3.05, 3.63) is 0 Å². The average molecular weight is 294 g/mol. The summed E-state index contributed by atoms with van der Waals surface area (Å²) < 4.78 is 0. The fourth-order valence-corrected chi connectivity index (χ4v) is 3.71. The molecule has 2 unspecified atom stereocenters. The van der Waals surface area contributed by atoms with E-state index in [0.717, 1.165) is 25.7 Å². The van der Waals surface area contributed by atoms with E-state index in [1.54, 1.807) is 0 Å². The molecule has 4 heteroatoms. The van der Waals surface area contributed by atoms with Crippen LogP contribution in [0.4, 0.5) is 0 Å². The first-order valence-corrected chi connectivity index (χ1v) is 8.35. The van der Waals surface area contributed by atoms with Gasteiger partial charge in [0.05, 0.1) is 0 Å². The van der Waals surface area contributed by atoms with Crippen LogP contribution in [0.3, 0.4) is 0 Å². The minimum atomic E-state index is -0.740. The van der Waals surface area contributed by atoms with E-state index >= 15 is 0 Å². The highest BCUT2D eigenvalue weighted by Gasteiger charge is 2.52. The summed E-state index contributed by atoms with van der Waals surface area (Å²) in [5.74, 6) is 0.119. The highest BCUT2D eigenvalue weighted by Crippen LogP contribution is 2.36. The second-order valence-electron chi connectivity index (χ2n) is 7.95. The zero-order valence-corrected chi connectivity index (χ0v) is 14.2. The second-order valence-corrected chi connectivity index (χ2v) is 7.95. The smallest absolute Gasteiger partial charge is 0.248 e. The van der Waals surface area contributed by atoms with Gasteiger partial charge in [-0.25, -0.2) is 0 Å². The molecule has 2 fully saturated rings. The molecule has 0 bridgehead atoms. The Bertz CT molecular complexity index is 421. The van der Waals surface area contributed by atoms with Gasteiger partial charge in [-0.3, -0.25) is 9.59 Å². The van der Waals surface area contributed by atoms with Crippen LogP contribution in [-0.2, 0) is 9.59 Å². The highest BCUT2D eigenvalue weighted by molar-refractivity contribution is 6.00. The van der Waals surface area contributed by atoms with Crippen molar-refractivity contribution >= 4 is 11.8 Å². The Labute approximate surface area is 128 Å². The average Bonchev–Trinajstić information content (AvgIpc) is 2.42. The van der Waals surface area contributed by atoms with Crippen LogP contribution in [0.2, 0.25) is 0 Å². The fourth-order valence-electron chi connectivity index (χ4n) is 3.71. The van der Waals surface area contributed by atoms with Gasteiger partial charge in [-0.1, -0.05) is 47.0 Å². The summed E-state index contributed by atoms with van der Waals surface area (Å²) in [6.45, 7) is 9.98. The number of hydrogen-bond donors (Lipinski definition) is 1. The molecular weight excluding hydrogens is 264 g/mol. The van der Waals surface area contributed by atoms with Crippen molar-refractivity contribution in [1.29, 1.82) is 0 Å². The van der Waals surface area contributed by atoms with E-state index in [2.05, 4.69) is 26.1 Å². The molecule has 1 aliphatic carbocycles. The van der Waals surface area contributed by atoms with Crippen LogP contribution < -0.4 is 5.32 Å². The van der Waals surface area contributed by atoms with Gasteiger partial charge in [-0.15, -0.1) is 0 Å². The normalized spacial score (nSPS) is 32.2. The molecule has 21 heavy (non-hydrogen) atoms. The van der Waals surface area contributed by atoms with Crippen molar-refractivity contribution in [1.82, 2.24) is 10.2 Å². The Morgan fingerprint density at radius 1 is 1.19 bits per heavy atom. The Balaban J connectivity index is 2.39. The van der Waals surface area contributed by atoms with E-state index in [0.29, 0.717) is 6.42 Å². The first-order chi connectivity index (χ1) is 9.70. The summed E-state index contributed by atoms with van der Waals surface area (Å²) in [6.07, 6.45) is 6.27. The molecule has 0 aromatic carbocycles. The summed E-state index contributed by atoms with van der Waals surface area (Å²) in [5, 5.41) is 2.99. The van der Waals surface area contributed by atoms with Crippen LogP contribution in [0.5, 0.6) is 0 Å². The topological polar surface area (TPSA) is 49.4 Å². The van der Waals surface area contributed by atoms with Crippen LogP contribution in [0.15, 0.2) is 0 Å². The van der Waals surface area contributed by atoms with Gasteiger partial charge in [0.15, 0.2) is 0 Å². The van der Waals surface area contributed by atoms with Crippen LogP contribution in [-0.4, -0.2) is 34.3 Å². The first kappa shape index (κ1) is 16.3. The van der Waals surface area contributed by atoms with Gasteiger partial charge in [-0.05, 0) is 31.6 Å². The molecule has 0 aromatic heterocycles. The zero-order valence-electron chi connectivity index (χ0n) is 14.2. The summed E-state index contributed by atoms with van der Waals surface area (Å²) in [5.41, 5.74) is -0.984. The van der Waals surface area contributed by atoms with E-state index in [-0.39, 0.29) is 29.3 Å². The number of carbonyl (C=O) groups excluding carboxylic acids is 2. The second kappa shape index (κ2) is 5.62. The summed E-state index contributed by atoms with van der Waals surface area (Å²) in [4.78, 5) is 27.7. The summed E-state index contributed by atoms with van der Waals surface area (Å²) in [6, 6.07) is -0.125. The SMILES string of the molecule is CCC1(C)NC(=O)C(C(C)(C)C)N(C2CCCCC2)C1=O. The molecule has 1 heterocycles. The Morgan fingerprint density at radius 2 is 1.76 bits per heavy atom. The van der Waals surface area contributed by atoms with Crippen molar-refractivity contribution in [2.24, 2.45) is 5.41 Å². The number of nitrogens with one attached hydrogen (secondary N) is 1. The van der Waals surface area contributed by atoms with Crippen molar-refractivity contribution in [3.8, 4) is 0 Å². The van der Waals surface area contributed by atoms with E-state index < -0.39 is 5.54 Å². The molecular formula is C17H30N2O2. The standard InChI is InChI=1S/C17H30N2O2/c1-6-17(5)15(21)19(12-10-8-7-9-11-12)13(14(20)18-17)16(2,3)4/h12-13H,6-11H2,1-5H3,(H,18,20). The summed E-state index contributed by atoms with van der Waals surface area (Å²) >= 11 is 0. The van der Waals surface area contributed by atoms with E-state index in [4.69, 9.17) is 0 Å². The number of nitrogens with zero attached hydrogens (tertiary/aromatic N) is 1. The molecule has 4 nitrogen and oxygen atoms in total. The quantitative estimate of drug-likeness (QED) is 0.851. The number of piperazine rings is 1. The lowest BCUT2D eigenvalue weighted by Crippen LogP contribution is -2.73. The molecule has 2 atom stereocenters. The maximum atomic E-state index is 13.1. The van der Waals surface area contributed by atoms with Crippen LogP contribution in [0, 0.1) is 5.41 Å². The summed E-state index contributed by atoms with van der Waals surface area (Å²) in [7, 11) is 0. The lowest BCUT2D eigenvalue weighted by atomic mass is 9.78. The predicted octanol–water partition coefficient (Wildman–Crippen LogP) is 2.86. The molecule has 0 radical (unpaired) electrons. The maximum Gasteiger partial charge on any atom is 0.248 e. The van der Waals surface area contributed by atoms with Gasteiger partial charge < -0.3 is 10.2 Å². The lowest BCUT2D eigenvalue weighted by Gasteiger charge is -2.52.